The monoisotopic (exact) mass is 328 g/mol. The summed E-state index contributed by atoms with van der Waals surface area (Å²) in [5.74, 6) is -0.572. The molecule has 2 aromatic carbocycles. The first-order valence-electron chi connectivity index (χ1n) is 8.37. The second-order valence-corrected chi connectivity index (χ2v) is 6.31. The molecule has 1 aliphatic rings. The van der Waals surface area contributed by atoms with Gasteiger partial charge in [-0.1, -0.05) is 36.4 Å². The fourth-order valence-electron chi connectivity index (χ4n) is 2.91. The van der Waals surface area contributed by atoms with E-state index in [1.54, 1.807) is 0 Å². The van der Waals surface area contributed by atoms with E-state index in [0.717, 1.165) is 5.56 Å². The van der Waals surface area contributed by atoms with Crippen molar-refractivity contribution in [1.82, 2.24) is 10.6 Å². The smallest absolute Gasteiger partial charge is 0.315 e. The van der Waals surface area contributed by atoms with Crippen molar-refractivity contribution in [3.05, 3.63) is 48.0 Å². The van der Waals surface area contributed by atoms with E-state index in [0.29, 0.717) is 26.2 Å². The van der Waals surface area contributed by atoms with E-state index < -0.39 is 5.79 Å². The topological polar surface area (TPSA) is 59.6 Å². The van der Waals surface area contributed by atoms with Crippen molar-refractivity contribution in [3.8, 4) is 0 Å². The standard InChI is InChI=1S/C19H24N2O3/c1-14(16-8-7-15-5-3-4-6-17(15)13-16)21-18(22)20-10-9-19(2)23-11-12-24-19/h3-8,13-14H,9-12H2,1-2H3,(H2,20,21,22). The largest absolute Gasteiger partial charge is 0.348 e. The number of benzene rings is 2. The maximum atomic E-state index is 12.1. The molecule has 1 unspecified atom stereocenters. The molecular formula is C19H24N2O3. The summed E-state index contributed by atoms with van der Waals surface area (Å²) in [4.78, 5) is 12.1. The Hall–Kier alpha value is -2.11. The summed E-state index contributed by atoms with van der Waals surface area (Å²) in [6.07, 6.45) is 0.630. The minimum atomic E-state index is -0.572. The van der Waals surface area contributed by atoms with E-state index in [1.807, 2.05) is 26.0 Å². The van der Waals surface area contributed by atoms with Gasteiger partial charge in [0.1, 0.15) is 0 Å². The van der Waals surface area contributed by atoms with Gasteiger partial charge >= 0.3 is 6.03 Å². The third-order valence-corrected chi connectivity index (χ3v) is 4.38. The lowest BCUT2D eigenvalue weighted by molar-refractivity contribution is -0.145. The summed E-state index contributed by atoms with van der Waals surface area (Å²) < 4.78 is 11.0. The number of rotatable bonds is 5. The Morgan fingerprint density at radius 1 is 1.17 bits per heavy atom. The van der Waals surface area contributed by atoms with Gasteiger partial charge in [-0.25, -0.2) is 4.79 Å². The highest BCUT2D eigenvalue weighted by Crippen LogP contribution is 2.22. The van der Waals surface area contributed by atoms with Crippen molar-refractivity contribution < 1.29 is 14.3 Å². The van der Waals surface area contributed by atoms with Crippen LogP contribution in [0.2, 0.25) is 0 Å². The van der Waals surface area contributed by atoms with Crippen molar-refractivity contribution in [2.24, 2.45) is 0 Å². The number of amides is 2. The van der Waals surface area contributed by atoms with Crippen molar-refractivity contribution >= 4 is 16.8 Å². The number of hydrogen-bond acceptors (Lipinski definition) is 3. The molecule has 1 saturated heterocycles. The van der Waals surface area contributed by atoms with Gasteiger partial charge in [0.2, 0.25) is 0 Å². The maximum Gasteiger partial charge on any atom is 0.315 e. The van der Waals surface area contributed by atoms with Crippen LogP contribution in [-0.4, -0.2) is 31.6 Å². The van der Waals surface area contributed by atoms with Crippen LogP contribution in [0.4, 0.5) is 4.79 Å². The lowest BCUT2D eigenvalue weighted by atomic mass is 10.0. The zero-order chi connectivity index (χ0) is 17.0. The second-order valence-electron chi connectivity index (χ2n) is 6.31. The zero-order valence-electron chi connectivity index (χ0n) is 14.2. The van der Waals surface area contributed by atoms with E-state index in [4.69, 9.17) is 9.47 Å². The Kier molecular flexibility index (Phi) is 5.02. The maximum absolute atomic E-state index is 12.1. The first kappa shape index (κ1) is 16.7. The number of ether oxygens (including phenoxy) is 2. The van der Waals surface area contributed by atoms with Gasteiger partial charge in [-0.2, -0.15) is 0 Å². The van der Waals surface area contributed by atoms with Gasteiger partial charge in [0.25, 0.3) is 0 Å². The van der Waals surface area contributed by atoms with Crippen LogP contribution >= 0.6 is 0 Å². The predicted molar refractivity (Wildman–Crippen MR) is 93.8 cm³/mol. The average molecular weight is 328 g/mol. The molecule has 0 bridgehead atoms. The van der Waals surface area contributed by atoms with E-state index in [9.17, 15) is 4.79 Å². The number of carbonyl (C=O) groups excluding carboxylic acids is 1. The molecule has 2 N–H and O–H groups in total. The highest BCUT2D eigenvalue weighted by atomic mass is 16.7. The first-order valence-corrected chi connectivity index (χ1v) is 8.37. The molecule has 0 spiro atoms. The van der Waals surface area contributed by atoms with E-state index in [2.05, 4.69) is 41.0 Å². The van der Waals surface area contributed by atoms with Gasteiger partial charge in [0.05, 0.1) is 19.3 Å². The van der Waals surface area contributed by atoms with E-state index in [-0.39, 0.29) is 12.1 Å². The average Bonchev–Trinajstić information content (AvgIpc) is 3.01. The summed E-state index contributed by atoms with van der Waals surface area (Å²) in [5.41, 5.74) is 1.08. The number of urea groups is 1. The zero-order valence-corrected chi connectivity index (χ0v) is 14.2. The molecule has 24 heavy (non-hydrogen) atoms. The van der Waals surface area contributed by atoms with Crippen LogP contribution in [0, 0.1) is 0 Å². The highest BCUT2D eigenvalue weighted by molar-refractivity contribution is 5.83. The molecule has 5 heteroatoms. The fourth-order valence-corrected chi connectivity index (χ4v) is 2.91. The minimum absolute atomic E-state index is 0.0656. The molecular weight excluding hydrogens is 304 g/mol. The number of fused-ring (bicyclic) bond motifs is 1. The van der Waals surface area contributed by atoms with Crippen molar-refractivity contribution in [3.63, 3.8) is 0 Å². The van der Waals surface area contributed by atoms with Gasteiger partial charge in [-0.15, -0.1) is 0 Å². The second kappa shape index (κ2) is 7.20. The highest BCUT2D eigenvalue weighted by Gasteiger charge is 2.30. The van der Waals surface area contributed by atoms with Crippen molar-refractivity contribution in [2.75, 3.05) is 19.8 Å². The predicted octanol–water partition coefficient (Wildman–Crippen LogP) is 3.35. The van der Waals surface area contributed by atoms with Crippen LogP contribution in [0.3, 0.4) is 0 Å². The molecule has 0 radical (unpaired) electrons. The van der Waals surface area contributed by atoms with Crippen molar-refractivity contribution in [1.29, 1.82) is 0 Å². The molecule has 1 heterocycles. The molecule has 3 rings (SSSR count). The summed E-state index contributed by atoms with van der Waals surface area (Å²) >= 11 is 0. The molecule has 1 atom stereocenters. The Morgan fingerprint density at radius 3 is 2.62 bits per heavy atom. The molecule has 5 nitrogen and oxygen atoms in total. The third kappa shape index (κ3) is 4.04. The van der Waals surface area contributed by atoms with Crippen molar-refractivity contribution in [2.45, 2.75) is 32.1 Å². The summed E-state index contributed by atoms with van der Waals surface area (Å²) in [5, 5.41) is 8.20. The number of nitrogens with one attached hydrogen (secondary N) is 2. The molecule has 128 valence electrons. The summed E-state index contributed by atoms with van der Waals surface area (Å²) in [6, 6.07) is 14.2. The molecule has 1 fully saturated rings. The van der Waals surface area contributed by atoms with Gasteiger partial charge in [-0.3, -0.25) is 0 Å². The minimum Gasteiger partial charge on any atom is -0.348 e. The van der Waals surface area contributed by atoms with Crippen LogP contribution in [0.5, 0.6) is 0 Å². The van der Waals surface area contributed by atoms with Gasteiger partial charge in [-0.05, 0) is 36.2 Å². The van der Waals surface area contributed by atoms with Crippen LogP contribution in [0.1, 0.15) is 31.9 Å². The van der Waals surface area contributed by atoms with Crippen LogP contribution in [0.15, 0.2) is 42.5 Å². The lowest BCUT2D eigenvalue weighted by Crippen LogP contribution is -2.40. The Bertz CT molecular complexity index is 711. The van der Waals surface area contributed by atoms with Gasteiger partial charge in [0, 0.05) is 13.0 Å². The molecule has 2 amide bonds. The molecule has 0 saturated carbocycles. The number of hydrogen-bond donors (Lipinski definition) is 2. The number of carbonyl (C=O) groups is 1. The SMILES string of the molecule is CC(NC(=O)NCCC1(C)OCCO1)c1ccc2ccccc2c1. The molecule has 1 aliphatic heterocycles. The summed E-state index contributed by atoms with van der Waals surface area (Å²) in [6.45, 7) is 5.61. The third-order valence-electron chi connectivity index (χ3n) is 4.38. The first-order chi connectivity index (χ1) is 11.6. The quantitative estimate of drug-likeness (QED) is 0.885. The molecule has 0 aliphatic carbocycles. The molecule has 2 aromatic rings. The Labute approximate surface area is 142 Å². The summed E-state index contributed by atoms with van der Waals surface area (Å²) in [7, 11) is 0. The fraction of sp³-hybridized carbons (Fsp3) is 0.421. The van der Waals surface area contributed by atoms with Crippen LogP contribution in [0.25, 0.3) is 10.8 Å². The Balaban J connectivity index is 1.51. The van der Waals surface area contributed by atoms with E-state index >= 15 is 0 Å². The van der Waals surface area contributed by atoms with E-state index in [1.165, 1.54) is 10.8 Å². The van der Waals surface area contributed by atoms with Gasteiger partial charge < -0.3 is 20.1 Å². The lowest BCUT2D eigenvalue weighted by Gasteiger charge is -2.22. The molecule has 0 aromatic heterocycles. The normalized spacial score (nSPS) is 17.6. The Morgan fingerprint density at radius 2 is 1.88 bits per heavy atom. The van der Waals surface area contributed by atoms with Crippen LogP contribution in [-0.2, 0) is 9.47 Å². The van der Waals surface area contributed by atoms with Crippen LogP contribution < -0.4 is 10.6 Å². The van der Waals surface area contributed by atoms with Gasteiger partial charge in [0.15, 0.2) is 5.79 Å².